The average Bonchev–Trinajstić information content (AvgIpc) is 2.73. The van der Waals surface area contributed by atoms with E-state index < -0.39 is 0 Å². The molecule has 0 radical (unpaired) electrons. The van der Waals surface area contributed by atoms with Gasteiger partial charge in [-0.1, -0.05) is 0 Å². The van der Waals surface area contributed by atoms with Crippen molar-refractivity contribution in [3.05, 3.63) is 70.5 Å². The summed E-state index contributed by atoms with van der Waals surface area (Å²) in [5, 5.41) is 0. The SMILES string of the molecule is [C-]#[N+]c1cncc(COc2nc(-c3cc(C)c4c(c3)CN(C)CC4)cnc2N)c1. The van der Waals surface area contributed by atoms with E-state index in [1.807, 2.05) is 0 Å². The molecule has 3 heterocycles. The number of ether oxygens (including phenoxy) is 1. The van der Waals surface area contributed by atoms with Crippen molar-refractivity contribution in [3.63, 3.8) is 0 Å². The third kappa shape index (κ3) is 4.03. The molecule has 7 heteroatoms. The van der Waals surface area contributed by atoms with Gasteiger partial charge in [-0.2, -0.15) is 0 Å². The minimum atomic E-state index is 0.215. The molecule has 0 fully saturated rings. The highest BCUT2D eigenvalue weighted by Crippen LogP contribution is 2.30. The fraction of sp³-hybridized carbons (Fsp3) is 0.273. The molecule has 4 rings (SSSR count). The Balaban J connectivity index is 1.61. The normalized spacial score (nSPS) is 13.6. The number of hydrogen-bond donors (Lipinski definition) is 1. The number of rotatable bonds is 4. The first-order valence-corrected chi connectivity index (χ1v) is 9.41. The summed E-state index contributed by atoms with van der Waals surface area (Å²) in [7, 11) is 2.14. The van der Waals surface area contributed by atoms with Gasteiger partial charge in [0.1, 0.15) is 6.61 Å². The van der Waals surface area contributed by atoms with Crippen molar-refractivity contribution >= 4 is 11.5 Å². The van der Waals surface area contributed by atoms with Crippen molar-refractivity contribution in [2.45, 2.75) is 26.5 Å². The maximum atomic E-state index is 7.09. The van der Waals surface area contributed by atoms with Crippen molar-refractivity contribution in [2.24, 2.45) is 0 Å². The van der Waals surface area contributed by atoms with Crippen LogP contribution in [0, 0.1) is 13.5 Å². The van der Waals surface area contributed by atoms with Crippen LogP contribution in [0.5, 0.6) is 5.88 Å². The number of aryl methyl sites for hydroxylation is 1. The van der Waals surface area contributed by atoms with E-state index in [0.717, 1.165) is 36.3 Å². The van der Waals surface area contributed by atoms with Crippen molar-refractivity contribution in [1.82, 2.24) is 19.9 Å². The van der Waals surface area contributed by atoms with Gasteiger partial charge in [-0.3, -0.25) is 4.98 Å². The van der Waals surface area contributed by atoms with Crippen LogP contribution in [-0.4, -0.2) is 33.4 Å². The van der Waals surface area contributed by atoms with Crippen LogP contribution in [-0.2, 0) is 19.6 Å². The molecule has 0 spiro atoms. The first-order valence-electron chi connectivity index (χ1n) is 9.41. The van der Waals surface area contributed by atoms with E-state index >= 15 is 0 Å². The fourth-order valence-electron chi connectivity index (χ4n) is 3.60. The lowest BCUT2D eigenvalue weighted by molar-refractivity contribution is 0.294. The van der Waals surface area contributed by atoms with Gasteiger partial charge in [0.2, 0.25) is 5.69 Å². The highest BCUT2D eigenvalue weighted by atomic mass is 16.5. The number of likely N-dealkylation sites (N-methyl/N-ethyl adjacent to an activating group) is 1. The first kappa shape index (κ1) is 18.8. The van der Waals surface area contributed by atoms with Crippen LogP contribution >= 0.6 is 0 Å². The molecule has 2 aromatic heterocycles. The lowest BCUT2D eigenvalue weighted by Crippen LogP contribution is -2.27. The van der Waals surface area contributed by atoms with Gasteiger partial charge < -0.3 is 15.4 Å². The smallest absolute Gasteiger partial charge is 0.258 e. The number of pyridine rings is 1. The largest absolute Gasteiger partial charge is 0.470 e. The molecular weight excluding hydrogens is 364 g/mol. The second kappa shape index (κ2) is 7.86. The van der Waals surface area contributed by atoms with Crippen LogP contribution < -0.4 is 10.5 Å². The molecule has 7 nitrogen and oxygen atoms in total. The Morgan fingerprint density at radius 3 is 2.93 bits per heavy atom. The van der Waals surface area contributed by atoms with Crippen LogP contribution in [0.3, 0.4) is 0 Å². The third-order valence-electron chi connectivity index (χ3n) is 5.10. The third-order valence-corrected chi connectivity index (χ3v) is 5.10. The fourth-order valence-corrected chi connectivity index (χ4v) is 3.60. The number of anilines is 1. The highest BCUT2D eigenvalue weighted by Gasteiger charge is 2.17. The van der Waals surface area contributed by atoms with Crippen LogP contribution in [0.25, 0.3) is 16.1 Å². The summed E-state index contributed by atoms with van der Waals surface area (Å²) in [5.74, 6) is 0.515. The highest BCUT2D eigenvalue weighted by molar-refractivity contribution is 5.64. The lowest BCUT2D eigenvalue weighted by Gasteiger charge is -2.27. The Hall–Kier alpha value is -3.50. The summed E-state index contributed by atoms with van der Waals surface area (Å²) < 4.78 is 5.79. The van der Waals surface area contributed by atoms with Gasteiger partial charge in [0.25, 0.3) is 5.88 Å². The molecule has 29 heavy (non-hydrogen) atoms. The molecule has 0 bridgehead atoms. The summed E-state index contributed by atoms with van der Waals surface area (Å²) in [6, 6.07) is 6.07. The van der Waals surface area contributed by atoms with Crippen LogP contribution in [0.15, 0.2) is 36.8 Å². The van der Waals surface area contributed by atoms with Gasteiger partial charge in [0.05, 0.1) is 18.5 Å². The molecule has 0 aliphatic carbocycles. The summed E-state index contributed by atoms with van der Waals surface area (Å²) in [6.07, 6.45) is 5.92. The molecule has 0 saturated heterocycles. The van der Waals surface area contributed by atoms with E-state index in [1.54, 1.807) is 18.5 Å². The minimum absolute atomic E-state index is 0.215. The quantitative estimate of drug-likeness (QED) is 0.691. The second-order valence-corrected chi connectivity index (χ2v) is 7.32. The van der Waals surface area contributed by atoms with E-state index in [1.165, 1.54) is 22.9 Å². The summed E-state index contributed by atoms with van der Waals surface area (Å²) in [4.78, 5) is 18.6. The van der Waals surface area contributed by atoms with Gasteiger partial charge in [-0.25, -0.2) is 14.8 Å². The molecule has 1 aromatic carbocycles. The zero-order valence-corrected chi connectivity index (χ0v) is 16.5. The van der Waals surface area contributed by atoms with Crippen LogP contribution in [0.4, 0.5) is 11.5 Å². The average molecular weight is 386 g/mol. The van der Waals surface area contributed by atoms with Gasteiger partial charge in [-0.15, -0.1) is 0 Å². The molecule has 0 atom stereocenters. The Kier molecular flexibility index (Phi) is 5.10. The van der Waals surface area contributed by atoms with E-state index in [0.29, 0.717) is 5.69 Å². The summed E-state index contributed by atoms with van der Waals surface area (Å²) in [6.45, 7) is 11.5. The first-order chi connectivity index (χ1) is 14.0. The number of hydrogen-bond acceptors (Lipinski definition) is 6. The number of nitrogen functional groups attached to an aromatic ring is 1. The van der Waals surface area contributed by atoms with E-state index in [2.05, 4.69) is 50.8 Å². The van der Waals surface area contributed by atoms with Crippen LogP contribution in [0.1, 0.15) is 22.3 Å². The monoisotopic (exact) mass is 386 g/mol. The number of nitrogens with zero attached hydrogens (tertiary/aromatic N) is 5. The van der Waals surface area contributed by atoms with E-state index in [4.69, 9.17) is 17.0 Å². The zero-order chi connectivity index (χ0) is 20.4. The Morgan fingerprint density at radius 2 is 2.10 bits per heavy atom. The number of nitrogens with two attached hydrogens (primary N) is 1. The predicted octanol–water partition coefficient (Wildman–Crippen LogP) is 3.55. The van der Waals surface area contributed by atoms with Gasteiger partial charge in [0, 0.05) is 31.0 Å². The van der Waals surface area contributed by atoms with Gasteiger partial charge >= 0.3 is 0 Å². The molecule has 0 unspecified atom stereocenters. The topological polar surface area (TPSA) is 81.5 Å². The maximum Gasteiger partial charge on any atom is 0.258 e. The van der Waals surface area contributed by atoms with E-state index in [9.17, 15) is 0 Å². The maximum absolute atomic E-state index is 7.09. The molecule has 0 amide bonds. The zero-order valence-electron chi connectivity index (χ0n) is 16.5. The molecule has 2 N–H and O–H groups in total. The number of aromatic nitrogens is 3. The van der Waals surface area contributed by atoms with Crippen molar-refractivity contribution < 1.29 is 4.74 Å². The number of benzene rings is 1. The van der Waals surface area contributed by atoms with Gasteiger partial charge in [-0.05, 0) is 60.8 Å². The van der Waals surface area contributed by atoms with Crippen LogP contribution in [0.2, 0.25) is 0 Å². The van der Waals surface area contributed by atoms with Gasteiger partial charge in [0.15, 0.2) is 5.82 Å². The molecule has 1 aliphatic rings. The Morgan fingerprint density at radius 1 is 1.24 bits per heavy atom. The second-order valence-electron chi connectivity index (χ2n) is 7.32. The number of fused-ring (bicyclic) bond motifs is 1. The predicted molar refractivity (Wildman–Crippen MR) is 111 cm³/mol. The Labute approximate surface area is 170 Å². The Bertz CT molecular complexity index is 1100. The van der Waals surface area contributed by atoms with Crippen molar-refractivity contribution in [3.8, 4) is 17.1 Å². The summed E-state index contributed by atoms with van der Waals surface area (Å²) in [5.41, 5.74) is 13.0. The molecular formula is C22H22N6O. The van der Waals surface area contributed by atoms with Crippen molar-refractivity contribution in [2.75, 3.05) is 19.3 Å². The molecule has 1 aliphatic heterocycles. The summed E-state index contributed by atoms with van der Waals surface area (Å²) >= 11 is 0. The molecule has 146 valence electrons. The molecule has 3 aromatic rings. The lowest BCUT2D eigenvalue weighted by atomic mass is 9.92. The molecule has 0 saturated carbocycles. The van der Waals surface area contributed by atoms with Crippen molar-refractivity contribution in [1.29, 1.82) is 0 Å². The van der Waals surface area contributed by atoms with E-state index in [-0.39, 0.29) is 18.3 Å². The minimum Gasteiger partial charge on any atom is -0.470 e. The standard InChI is InChI=1S/C22H22N6O/c1-14-6-16(8-17-12-28(3)5-4-19(14)17)20-11-26-21(23)22(27-20)29-13-15-7-18(24-2)10-25-9-15/h6-11H,4-5,12-13H2,1,3H3,(H2,23,26).